The molecule has 0 saturated carbocycles. The van der Waals surface area contributed by atoms with Crippen LogP contribution in [-0.4, -0.2) is 16.3 Å². The fourth-order valence-corrected chi connectivity index (χ4v) is 3.34. The Morgan fingerprint density at radius 2 is 1.76 bits per heavy atom. The highest BCUT2D eigenvalue weighted by atomic mass is 32.2. The Bertz CT molecular complexity index is 787. The first-order valence-corrected chi connectivity index (χ1v) is 7.96. The molecule has 21 heavy (non-hydrogen) atoms. The average Bonchev–Trinajstić information content (AvgIpc) is 2.55. The molecule has 1 heterocycles. The van der Waals surface area contributed by atoms with Crippen LogP contribution < -0.4 is 4.74 Å². The van der Waals surface area contributed by atoms with Gasteiger partial charge in [0, 0.05) is 15.8 Å². The zero-order valence-corrected chi connectivity index (χ0v) is 12.5. The van der Waals surface area contributed by atoms with E-state index in [2.05, 4.69) is 4.98 Å². The van der Waals surface area contributed by atoms with Crippen molar-refractivity contribution in [3.63, 3.8) is 0 Å². The van der Waals surface area contributed by atoms with E-state index < -0.39 is 10.8 Å². The Morgan fingerprint density at radius 1 is 1.05 bits per heavy atom. The van der Waals surface area contributed by atoms with Crippen molar-refractivity contribution >= 4 is 21.7 Å². The Morgan fingerprint density at radius 3 is 2.52 bits per heavy atom. The number of para-hydroxylation sites is 1. The molecular formula is C17H15NO2S. The fourth-order valence-electron chi connectivity index (χ4n) is 2.22. The summed E-state index contributed by atoms with van der Waals surface area (Å²) in [5, 5.41) is 1.03. The van der Waals surface area contributed by atoms with Gasteiger partial charge in [0.15, 0.2) is 0 Å². The van der Waals surface area contributed by atoms with Gasteiger partial charge in [-0.15, -0.1) is 0 Å². The van der Waals surface area contributed by atoms with E-state index in [9.17, 15) is 4.21 Å². The van der Waals surface area contributed by atoms with Gasteiger partial charge in [-0.3, -0.25) is 4.21 Å². The first-order valence-electron chi connectivity index (χ1n) is 6.64. The first kappa shape index (κ1) is 13.8. The van der Waals surface area contributed by atoms with Crippen LogP contribution in [0.5, 0.6) is 5.88 Å². The molecule has 1 atom stereocenters. The Hall–Kier alpha value is -2.20. The quantitative estimate of drug-likeness (QED) is 0.739. The molecule has 0 radical (unpaired) electrons. The molecule has 0 N–H and O–H groups in total. The number of fused-ring (bicyclic) bond motifs is 1. The van der Waals surface area contributed by atoms with Gasteiger partial charge in [-0.05, 0) is 24.3 Å². The topological polar surface area (TPSA) is 39.2 Å². The molecule has 106 valence electrons. The molecule has 1 aromatic heterocycles. The van der Waals surface area contributed by atoms with Crippen LogP contribution in [0.1, 0.15) is 5.56 Å². The van der Waals surface area contributed by atoms with E-state index in [1.165, 1.54) is 0 Å². The Kier molecular flexibility index (Phi) is 3.97. The molecule has 4 heteroatoms. The van der Waals surface area contributed by atoms with E-state index >= 15 is 0 Å². The number of rotatable bonds is 4. The van der Waals surface area contributed by atoms with E-state index in [1.807, 2.05) is 60.7 Å². The lowest BCUT2D eigenvalue weighted by atomic mass is 10.2. The lowest BCUT2D eigenvalue weighted by molar-refractivity contribution is 0.396. The maximum absolute atomic E-state index is 12.4. The standard InChI is InChI=1S/C17H15NO2S/c1-20-17-14(11-13-7-5-6-10-16(13)18-17)12-21(19)15-8-3-2-4-9-15/h2-11H,12H2,1H3. The molecule has 0 aliphatic carbocycles. The van der Waals surface area contributed by atoms with E-state index in [0.717, 1.165) is 21.4 Å². The van der Waals surface area contributed by atoms with E-state index in [4.69, 9.17) is 4.74 Å². The lowest BCUT2D eigenvalue weighted by Gasteiger charge is -2.09. The predicted octanol–water partition coefficient (Wildman–Crippen LogP) is 3.55. The maximum atomic E-state index is 12.4. The molecule has 1 unspecified atom stereocenters. The second-order valence-corrected chi connectivity index (χ2v) is 6.10. The molecule has 0 fully saturated rings. The van der Waals surface area contributed by atoms with Gasteiger partial charge in [0.1, 0.15) is 0 Å². The van der Waals surface area contributed by atoms with Crippen LogP contribution in [0.25, 0.3) is 10.9 Å². The number of benzene rings is 2. The number of hydrogen-bond acceptors (Lipinski definition) is 3. The van der Waals surface area contributed by atoms with Gasteiger partial charge in [0.05, 0.1) is 29.2 Å². The summed E-state index contributed by atoms with van der Waals surface area (Å²) >= 11 is 0. The molecule has 2 aromatic carbocycles. The Balaban J connectivity index is 1.98. The van der Waals surface area contributed by atoms with Gasteiger partial charge in [-0.1, -0.05) is 36.4 Å². The largest absolute Gasteiger partial charge is 0.481 e. The summed E-state index contributed by atoms with van der Waals surface area (Å²) < 4.78 is 17.8. The minimum atomic E-state index is -1.11. The SMILES string of the molecule is COc1nc2ccccc2cc1CS(=O)c1ccccc1. The van der Waals surface area contributed by atoms with Gasteiger partial charge in [0.2, 0.25) is 5.88 Å². The first-order chi connectivity index (χ1) is 10.3. The molecule has 3 aromatic rings. The zero-order valence-electron chi connectivity index (χ0n) is 11.7. The van der Waals surface area contributed by atoms with Crippen LogP contribution in [0.3, 0.4) is 0 Å². The smallest absolute Gasteiger partial charge is 0.217 e. The van der Waals surface area contributed by atoms with Crippen molar-refractivity contribution in [2.45, 2.75) is 10.6 Å². The molecule has 0 spiro atoms. The molecule has 0 amide bonds. The lowest BCUT2D eigenvalue weighted by Crippen LogP contribution is -2.01. The van der Waals surface area contributed by atoms with Gasteiger partial charge in [0.25, 0.3) is 0 Å². The number of ether oxygens (including phenoxy) is 1. The third-order valence-corrected chi connectivity index (χ3v) is 4.62. The predicted molar refractivity (Wildman–Crippen MR) is 84.8 cm³/mol. The van der Waals surface area contributed by atoms with E-state index in [0.29, 0.717) is 11.6 Å². The molecular weight excluding hydrogens is 282 g/mol. The van der Waals surface area contributed by atoms with Gasteiger partial charge in [-0.2, -0.15) is 0 Å². The van der Waals surface area contributed by atoms with Crippen molar-refractivity contribution in [3.8, 4) is 5.88 Å². The van der Waals surface area contributed by atoms with Crippen molar-refractivity contribution < 1.29 is 8.95 Å². The molecule has 3 rings (SSSR count). The van der Waals surface area contributed by atoms with Crippen molar-refractivity contribution in [2.75, 3.05) is 7.11 Å². The van der Waals surface area contributed by atoms with Crippen molar-refractivity contribution in [1.82, 2.24) is 4.98 Å². The molecule has 0 aliphatic rings. The molecule has 0 saturated heterocycles. The maximum Gasteiger partial charge on any atom is 0.217 e. The van der Waals surface area contributed by atoms with Crippen LogP contribution in [0.4, 0.5) is 0 Å². The number of aromatic nitrogens is 1. The second-order valence-electron chi connectivity index (χ2n) is 4.65. The van der Waals surface area contributed by atoms with Crippen LogP contribution in [-0.2, 0) is 16.6 Å². The minimum absolute atomic E-state index is 0.394. The van der Waals surface area contributed by atoms with Gasteiger partial charge < -0.3 is 4.74 Å². The summed E-state index contributed by atoms with van der Waals surface area (Å²) in [6.07, 6.45) is 0. The van der Waals surface area contributed by atoms with Crippen LogP contribution >= 0.6 is 0 Å². The minimum Gasteiger partial charge on any atom is -0.481 e. The highest BCUT2D eigenvalue weighted by Gasteiger charge is 2.12. The molecule has 0 bridgehead atoms. The van der Waals surface area contributed by atoms with Crippen molar-refractivity contribution in [1.29, 1.82) is 0 Å². The van der Waals surface area contributed by atoms with E-state index in [-0.39, 0.29) is 0 Å². The zero-order chi connectivity index (χ0) is 14.7. The van der Waals surface area contributed by atoms with Gasteiger partial charge >= 0.3 is 0 Å². The average molecular weight is 297 g/mol. The molecule has 3 nitrogen and oxygen atoms in total. The summed E-state index contributed by atoms with van der Waals surface area (Å²) in [5.74, 6) is 0.934. The summed E-state index contributed by atoms with van der Waals surface area (Å²) in [4.78, 5) is 5.30. The normalized spacial score (nSPS) is 12.2. The molecule has 0 aliphatic heterocycles. The summed E-state index contributed by atoms with van der Waals surface area (Å²) in [7, 11) is 0.480. The highest BCUT2D eigenvalue weighted by molar-refractivity contribution is 7.84. The van der Waals surface area contributed by atoms with Crippen molar-refractivity contribution in [3.05, 3.63) is 66.2 Å². The summed E-state index contributed by atoms with van der Waals surface area (Å²) in [6.45, 7) is 0. The van der Waals surface area contributed by atoms with Crippen molar-refractivity contribution in [2.24, 2.45) is 0 Å². The third-order valence-electron chi connectivity index (χ3n) is 3.25. The van der Waals surface area contributed by atoms with E-state index in [1.54, 1.807) is 7.11 Å². The number of methoxy groups -OCH3 is 1. The highest BCUT2D eigenvalue weighted by Crippen LogP contribution is 2.24. The summed E-state index contributed by atoms with van der Waals surface area (Å²) in [5.41, 5.74) is 1.74. The van der Waals surface area contributed by atoms with Crippen LogP contribution in [0.15, 0.2) is 65.6 Å². The Labute approximate surface area is 126 Å². The summed E-state index contributed by atoms with van der Waals surface area (Å²) in [6, 6.07) is 19.3. The number of pyridine rings is 1. The number of hydrogen-bond donors (Lipinski definition) is 0. The van der Waals surface area contributed by atoms with Crippen LogP contribution in [0, 0.1) is 0 Å². The fraction of sp³-hybridized carbons (Fsp3) is 0.118. The second kappa shape index (κ2) is 6.06. The van der Waals surface area contributed by atoms with Crippen LogP contribution in [0.2, 0.25) is 0 Å². The third kappa shape index (κ3) is 2.95. The van der Waals surface area contributed by atoms with Gasteiger partial charge in [-0.25, -0.2) is 4.98 Å². The monoisotopic (exact) mass is 297 g/mol. The number of nitrogens with zero attached hydrogens (tertiary/aromatic N) is 1.